The lowest BCUT2D eigenvalue weighted by Crippen LogP contribution is -2.33. The minimum atomic E-state index is -0.272. The van der Waals surface area contributed by atoms with Crippen LogP contribution in [0.4, 0.5) is 0 Å². The molecule has 0 aliphatic carbocycles. The Balaban J connectivity index is 1.51. The molecule has 0 spiro atoms. The Labute approximate surface area is 168 Å². The van der Waals surface area contributed by atoms with Gasteiger partial charge in [0.2, 0.25) is 0 Å². The molecular formula is C22H21N5O2. The molecule has 0 aliphatic heterocycles. The molecule has 1 unspecified atom stereocenters. The zero-order valence-electron chi connectivity index (χ0n) is 16.2. The SMILES string of the molecule is CC(C)C(NC(=O)c1ccc(Oc2cccnc2)cc1)c1nnc2ccccn12. The molecule has 7 heteroatoms. The van der Waals surface area contributed by atoms with Gasteiger partial charge < -0.3 is 10.1 Å². The molecule has 1 N–H and O–H groups in total. The summed E-state index contributed by atoms with van der Waals surface area (Å²) in [5.41, 5.74) is 1.29. The van der Waals surface area contributed by atoms with Gasteiger partial charge in [0, 0.05) is 18.0 Å². The van der Waals surface area contributed by atoms with Gasteiger partial charge in [-0.05, 0) is 54.4 Å². The number of pyridine rings is 2. The fraction of sp³-hybridized carbons (Fsp3) is 0.182. The predicted octanol–water partition coefficient (Wildman–Crippen LogP) is 4.04. The highest BCUT2D eigenvalue weighted by molar-refractivity contribution is 5.94. The molecule has 0 aliphatic rings. The van der Waals surface area contributed by atoms with Gasteiger partial charge in [0.1, 0.15) is 11.5 Å². The van der Waals surface area contributed by atoms with Crippen molar-refractivity contribution in [2.45, 2.75) is 19.9 Å². The Morgan fingerprint density at radius 2 is 1.83 bits per heavy atom. The zero-order valence-corrected chi connectivity index (χ0v) is 16.2. The van der Waals surface area contributed by atoms with Crippen LogP contribution in [0.2, 0.25) is 0 Å². The molecule has 4 rings (SSSR count). The largest absolute Gasteiger partial charge is 0.456 e. The van der Waals surface area contributed by atoms with Gasteiger partial charge in [-0.25, -0.2) is 0 Å². The predicted molar refractivity (Wildman–Crippen MR) is 109 cm³/mol. The molecule has 0 saturated heterocycles. The van der Waals surface area contributed by atoms with E-state index in [9.17, 15) is 4.79 Å². The van der Waals surface area contributed by atoms with E-state index in [0.717, 1.165) is 5.65 Å². The third-order valence-electron chi connectivity index (χ3n) is 4.56. The maximum atomic E-state index is 12.8. The highest BCUT2D eigenvalue weighted by atomic mass is 16.5. The van der Waals surface area contributed by atoms with Gasteiger partial charge in [-0.15, -0.1) is 10.2 Å². The van der Waals surface area contributed by atoms with Crippen LogP contribution in [-0.4, -0.2) is 25.5 Å². The lowest BCUT2D eigenvalue weighted by Gasteiger charge is -2.21. The van der Waals surface area contributed by atoms with Crippen LogP contribution in [0, 0.1) is 5.92 Å². The van der Waals surface area contributed by atoms with Crippen molar-refractivity contribution in [3.63, 3.8) is 0 Å². The Bertz CT molecular complexity index is 1110. The molecule has 0 radical (unpaired) electrons. The van der Waals surface area contributed by atoms with Gasteiger partial charge in [0.05, 0.1) is 12.2 Å². The summed E-state index contributed by atoms with van der Waals surface area (Å²) in [6, 6.07) is 16.1. The summed E-state index contributed by atoms with van der Waals surface area (Å²) < 4.78 is 7.62. The van der Waals surface area contributed by atoms with E-state index in [4.69, 9.17) is 4.74 Å². The van der Waals surface area contributed by atoms with E-state index in [2.05, 4.69) is 20.5 Å². The summed E-state index contributed by atoms with van der Waals surface area (Å²) in [5, 5.41) is 11.6. The van der Waals surface area contributed by atoms with Crippen LogP contribution in [0.25, 0.3) is 5.65 Å². The molecule has 1 atom stereocenters. The third-order valence-corrected chi connectivity index (χ3v) is 4.56. The number of ether oxygens (including phenoxy) is 1. The number of hydrogen-bond donors (Lipinski definition) is 1. The van der Waals surface area contributed by atoms with E-state index >= 15 is 0 Å². The van der Waals surface area contributed by atoms with Gasteiger partial charge in [-0.1, -0.05) is 19.9 Å². The van der Waals surface area contributed by atoms with Crippen molar-refractivity contribution >= 4 is 11.6 Å². The number of fused-ring (bicyclic) bond motifs is 1. The quantitative estimate of drug-likeness (QED) is 0.540. The number of carbonyl (C=O) groups is 1. The summed E-state index contributed by atoms with van der Waals surface area (Å²) in [6.45, 7) is 4.08. The molecule has 4 aromatic rings. The number of rotatable bonds is 6. The fourth-order valence-corrected chi connectivity index (χ4v) is 3.04. The number of nitrogens with one attached hydrogen (secondary N) is 1. The number of aromatic nitrogens is 4. The molecule has 29 heavy (non-hydrogen) atoms. The molecule has 3 heterocycles. The average molecular weight is 387 g/mol. The Morgan fingerprint density at radius 3 is 2.55 bits per heavy atom. The summed E-state index contributed by atoms with van der Waals surface area (Å²) in [6.07, 6.45) is 5.22. The first-order valence-electron chi connectivity index (χ1n) is 9.40. The molecular weight excluding hydrogens is 366 g/mol. The van der Waals surface area contributed by atoms with E-state index < -0.39 is 0 Å². The fourth-order valence-electron chi connectivity index (χ4n) is 3.04. The first-order valence-corrected chi connectivity index (χ1v) is 9.40. The lowest BCUT2D eigenvalue weighted by atomic mass is 10.0. The summed E-state index contributed by atoms with van der Waals surface area (Å²) in [7, 11) is 0. The Kier molecular flexibility index (Phi) is 5.20. The normalized spacial score (nSPS) is 12.1. The number of amides is 1. The van der Waals surface area contributed by atoms with Crippen molar-refractivity contribution in [3.05, 3.63) is 84.6 Å². The lowest BCUT2D eigenvalue weighted by molar-refractivity contribution is 0.0923. The van der Waals surface area contributed by atoms with E-state index in [1.165, 1.54) is 0 Å². The molecule has 0 saturated carbocycles. The van der Waals surface area contributed by atoms with Crippen LogP contribution >= 0.6 is 0 Å². The van der Waals surface area contributed by atoms with Gasteiger partial charge in [-0.3, -0.25) is 14.2 Å². The van der Waals surface area contributed by atoms with Crippen molar-refractivity contribution in [1.29, 1.82) is 0 Å². The van der Waals surface area contributed by atoms with Gasteiger partial charge in [-0.2, -0.15) is 0 Å². The van der Waals surface area contributed by atoms with E-state index in [-0.39, 0.29) is 17.9 Å². The molecule has 1 amide bonds. The first-order chi connectivity index (χ1) is 14.1. The molecule has 0 bridgehead atoms. The van der Waals surface area contributed by atoms with Crippen LogP contribution in [0.15, 0.2) is 73.2 Å². The molecule has 3 aromatic heterocycles. The van der Waals surface area contributed by atoms with Gasteiger partial charge in [0.25, 0.3) is 5.91 Å². The van der Waals surface area contributed by atoms with Crippen molar-refractivity contribution in [3.8, 4) is 11.5 Å². The minimum absolute atomic E-state index is 0.139. The maximum absolute atomic E-state index is 12.8. The highest BCUT2D eigenvalue weighted by Crippen LogP contribution is 2.23. The van der Waals surface area contributed by atoms with Crippen molar-refractivity contribution in [2.75, 3.05) is 0 Å². The van der Waals surface area contributed by atoms with Crippen molar-refractivity contribution in [2.24, 2.45) is 5.92 Å². The molecule has 0 fully saturated rings. The molecule has 146 valence electrons. The van der Waals surface area contributed by atoms with Crippen molar-refractivity contribution in [1.82, 2.24) is 24.9 Å². The number of nitrogens with zero attached hydrogens (tertiary/aromatic N) is 4. The van der Waals surface area contributed by atoms with E-state index in [1.807, 2.05) is 48.7 Å². The summed E-state index contributed by atoms with van der Waals surface area (Å²) >= 11 is 0. The topological polar surface area (TPSA) is 81.4 Å². The second kappa shape index (κ2) is 8.10. The highest BCUT2D eigenvalue weighted by Gasteiger charge is 2.24. The van der Waals surface area contributed by atoms with Crippen LogP contribution < -0.4 is 10.1 Å². The zero-order chi connectivity index (χ0) is 20.2. The van der Waals surface area contributed by atoms with Gasteiger partial charge in [0.15, 0.2) is 11.5 Å². The number of benzene rings is 1. The first kappa shape index (κ1) is 18.6. The number of carbonyl (C=O) groups excluding carboxylic acids is 1. The minimum Gasteiger partial charge on any atom is -0.456 e. The third kappa shape index (κ3) is 4.08. The monoisotopic (exact) mass is 387 g/mol. The average Bonchev–Trinajstić information content (AvgIpc) is 3.17. The summed E-state index contributed by atoms with van der Waals surface area (Å²) in [4.78, 5) is 16.9. The standard InChI is InChI=1S/C22H21N5O2/c1-15(2)20(21-26-25-19-7-3-4-13-27(19)21)24-22(28)16-8-10-17(11-9-16)29-18-6-5-12-23-14-18/h3-15,20H,1-2H3,(H,24,28). The summed E-state index contributed by atoms with van der Waals surface area (Å²) in [5.74, 6) is 1.95. The van der Waals surface area contributed by atoms with Crippen LogP contribution in [-0.2, 0) is 0 Å². The molecule has 7 nitrogen and oxygen atoms in total. The Hall–Kier alpha value is -3.74. The van der Waals surface area contributed by atoms with Crippen LogP contribution in [0.1, 0.15) is 36.1 Å². The Morgan fingerprint density at radius 1 is 1.00 bits per heavy atom. The van der Waals surface area contributed by atoms with Crippen LogP contribution in [0.5, 0.6) is 11.5 Å². The number of hydrogen-bond acceptors (Lipinski definition) is 5. The second-order valence-electron chi connectivity index (χ2n) is 7.00. The van der Waals surface area contributed by atoms with E-state index in [1.54, 1.807) is 42.7 Å². The maximum Gasteiger partial charge on any atom is 0.251 e. The van der Waals surface area contributed by atoms with Crippen molar-refractivity contribution < 1.29 is 9.53 Å². The van der Waals surface area contributed by atoms with Crippen LogP contribution in [0.3, 0.4) is 0 Å². The smallest absolute Gasteiger partial charge is 0.251 e. The van der Waals surface area contributed by atoms with Gasteiger partial charge >= 0.3 is 0 Å². The van der Waals surface area contributed by atoms with E-state index in [0.29, 0.717) is 22.9 Å². The molecule has 1 aromatic carbocycles. The second-order valence-corrected chi connectivity index (χ2v) is 7.00.